The summed E-state index contributed by atoms with van der Waals surface area (Å²) in [4.78, 5) is 19.2. The number of carboxylic acids is 2. The van der Waals surface area contributed by atoms with Crippen molar-refractivity contribution in [2.75, 3.05) is 19.4 Å². The fourth-order valence-corrected chi connectivity index (χ4v) is 2.06. The molecular formula is C8H17O7P. The van der Waals surface area contributed by atoms with Crippen LogP contribution in [0, 0.1) is 0 Å². The molecule has 0 rings (SSSR count). The number of aliphatic carboxylic acids is 2. The van der Waals surface area contributed by atoms with Crippen LogP contribution in [0.3, 0.4) is 0 Å². The Kier molecular flexibility index (Phi) is 10.2. The van der Waals surface area contributed by atoms with Gasteiger partial charge in [-0.05, 0) is 13.8 Å². The molecule has 16 heavy (non-hydrogen) atoms. The monoisotopic (exact) mass is 256 g/mol. The molecule has 0 saturated carbocycles. The molecule has 0 heterocycles. The van der Waals surface area contributed by atoms with Crippen LogP contribution in [-0.4, -0.2) is 41.5 Å². The van der Waals surface area contributed by atoms with Crippen LogP contribution >= 0.6 is 7.60 Å². The first kappa shape index (κ1) is 17.5. The summed E-state index contributed by atoms with van der Waals surface area (Å²) in [6.07, 6.45) is -0.575. The molecule has 0 atom stereocenters. The summed E-state index contributed by atoms with van der Waals surface area (Å²) in [5, 5.41) is 15.8. The van der Waals surface area contributed by atoms with Gasteiger partial charge in [0.25, 0.3) is 5.97 Å². The Morgan fingerprint density at radius 1 is 1.12 bits per heavy atom. The van der Waals surface area contributed by atoms with E-state index in [-0.39, 0.29) is 13.2 Å². The van der Waals surface area contributed by atoms with Gasteiger partial charge in [0.05, 0.1) is 13.2 Å². The Morgan fingerprint density at radius 2 is 1.44 bits per heavy atom. The second-order valence-electron chi connectivity index (χ2n) is 2.52. The lowest BCUT2D eigenvalue weighted by atomic mass is 10.8. The highest BCUT2D eigenvalue weighted by atomic mass is 31.2. The third-order valence-corrected chi connectivity index (χ3v) is 2.94. The number of carbonyl (C=O) groups is 2. The number of rotatable bonds is 6. The molecule has 0 aliphatic carbocycles. The number of hydrogen-bond acceptors (Lipinski definition) is 5. The largest absolute Gasteiger partial charge is 0.481 e. The maximum absolute atomic E-state index is 11.4. The first-order chi connectivity index (χ1) is 7.27. The van der Waals surface area contributed by atoms with E-state index >= 15 is 0 Å². The molecule has 0 amide bonds. The standard InChI is InChI=1S/C6H13O5P.C2H4O2/c1-3-10-12(9,11-4-2)5-6(7)8;1-2(3)4/h3-5H2,1-2H3,(H,7,8);1H3,(H,3,4). The van der Waals surface area contributed by atoms with E-state index in [2.05, 4.69) is 0 Å². The van der Waals surface area contributed by atoms with E-state index in [1.807, 2.05) is 0 Å². The molecule has 0 aromatic carbocycles. The first-order valence-corrected chi connectivity index (χ1v) is 6.29. The zero-order chi connectivity index (χ0) is 13.2. The minimum atomic E-state index is -3.38. The van der Waals surface area contributed by atoms with Gasteiger partial charge in [-0.2, -0.15) is 0 Å². The fraction of sp³-hybridized carbons (Fsp3) is 0.750. The molecule has 0 spiro atoms. The van der Waals surface area contributed by atoms with Crippen molar-refractivity contribution in [2.45, 2.75) is 20.8 Å². The van der Waals surface area contributed by atoms with Crippen LogP contribution in [0.5, 0.6) is 0 Å². The van der Waals surface area contributed by atoms with Gasteiger partial charge in [-0.15, -0.1) is 0 Å². The van der Waals surface area contributed by atoms with E-state index in [1.165, 1.54) is 0 Å². The molecule has 7 nitrogen and oxygen atoms in total. The van der Waals surface area contributed by atoms with Gasteiger partial charge in [0.2, 0.25) is 0 Å². The maximum atomic E-state index is 11.4. The van der Waals surface area contributed by atoms with Crippen molar-refractivity contribution >= 4 is 19.5 Å². The average molecular weight is 256 g/mol. The zero-order valence-electron chi connectivity index (χ0n) is 9.50. The molecule has 2 N–H and O–H groups in total. The van der Waals surface area contributed by atoms with Gasteiger partial charge in [-0.1, -0.05) is 0 Å². The molecule has 0 fully saturated rings. The Morgan fingerprint density at radius 3 is 1.62 bits per heavy atom. The predicted molar refractivity (Wildman–Crippen MR) is 56.7 cm³/mol. The quantitative estimate of drug-likeness (QED) is 0.691. The molecule has 0 aromatic rings. The summed E-state index contributed by atoms with van der Waals surface area (Å²) in [7, 11) is -3.38. The second kappa shape index (κ2) is 9.33. The van der Waals surface area contributed by atoms with Crippen LogP contribution in [0.1, 0.15) is 20.8 Å². The van der Waals surface area contributed by atoms with Crippen LogP contribution in [0.4, 0.5) is 0 Å². The van der Waals surface area contributed by atoms with Crippen molar-refractivity contribution in [1.29, 1.82) is 0 Å². The third kappa shape index (κ3) is 13.1. The van der Waals surface area contributed by atoms with E-state index in [0.717, 1.165) is 6.92 Å². The van der Waals surface area contributed by atoms with Crippen molar-refractivity contribution in [1.82, 2.24) is 0 Å². The molecule has 0 saturated heterocycles. The lowest BCUT2D eigenvalue weighted by Gasteiger charge is -2.14. The van der Waals surface area contributed by atoms with Gasteiger partial charge in [-0.3, -0.25) is 14.2 Å². The van der Waals surface area contributed by atoms with Gasteiger partial charge in [0.15, 0.2) is 0 Å². The maximum Gasteiger partial charge on any atom is 0.341 e. The molecule has 96 valence electrons. The van der Waals surface area contributed by atoms with E-state index < -0.39 is 25.7 Å². The van der Waals surface area contributed by atoms with Gasteiger partial charge >= 0.3 is 13.6 Å². The summed E-state index contributed by atoms with van der Waals surface area (Å²) >= 11 is 0. The summed E-state index contributed by atoms with van der Waals surface area (Å²) < 4.78 is 20.9. The average Bonchev–Trinajstić information content (AvgIpc) is 2.00. The smallest absolute Gasteiger partial charge is 0.341 e. The lowest BCUT2D eigenvalue weighted by molar-refractivity contribution is -0.135. The Labute approximate surface area is 93.9 Å². The summed E-state index contributed by atoms with van der Waals surface area (Å²) in [6.45, 7) is 4.72. The van der Waals surface area contributed by atoms with Crippen molar-refractivity contribution in [2.24, 2.45) is 0 Å². The van der Waals surface area contributed by atoms with E-state index in [4.69, 9.17) is 24.1 Å². The predicted octanol–water partition coefficient (Wildman–Crippen LogP) is 1.43. The second-order valence-corrected chi connectivity index (χ2v) is 4.57. The summed E-state index contributed by atoms with van der Waals surface area (Å²) in [5.74, 6) is -2.01. The van der Waals surface area contributed by atoms with Crippen LogP contribution in [0.15, 0.2) is 0 Å². The Hall–Kier alpha value is -0.910. The van der Waals surface area contributed by atoms with Crippen LogP contribution in [-0.2, 0) is 23.2 Å². The van der Waals surface area contributed by atoms with E-state index in [9.17, 15) is 9.36 Å². The van der Waals surface area contributed by atoms with Crippen molar-refractivity contribution in [3.63, 3.8) is 0 Å². The van der Waals surface area contributed by atoms with E-state index in [1.54, 1.807) is 13.8 Å². The molecule has 0 aromatic heterocycles. The molecule has 8 heteroatoms. The summed E-state index contributed by atoms with van der Waals surface area (Å²) in [6, 6.07) is 0. The van der Waals surface area contributed by atoms with Crippen molar-refractivity contribution < 1.29 is 33.4 Å². The lowest BCUT2D eigenvalue weighted by Crippen LogP contribution is -2.08. The third-order valence-electron chi connectivity index (χ3n) is 0.981. The molecule has 0 unspecified atom stereocenters. The van der Waals surface area contributed by atoms with Gasteiger partial charge in [0, 0.05) is 6.92 Å². The van der Waals surface area contributed by atoms with Crippen LogP contribution in [0.25, 0.3) is 0 Å². The topological polar surface area (TPSA) is 110 Å². The van der Waals surface area contributed by atoms with Crippen molar-refractivity contribution in [3.05, 3.63) is 0 Å². The van der Waals surface area contributed by atoms with Gasteiger partial charge in [0.1, 0.15) is 6.16 Å². The fourth-order valence-electron chi connectivity index (χ4n) is 0.688. The van der Waals surface area contributed by atoms with Gasteiger partial charge in [-0.25, -0.2) is 0 Å². The molecular weight excluding hydrogens is 239 g/mol. The minimum absolute atomic E-state index is 0.185. The molecule has 0 bridgehead atoms. The number of hydrogen-bond donors (Lipinski definition) is 2. The molecule has 0 aliphatic heterocycles. The van der Waals surface area contributed by atoms with E-state index in [0.29, 0.717) is 0 Å². The molecule has 0 aliphatic rings. The minimum Gasteiger partial charge on any atom is -0.481 e. The first-order valence-electron chi connectivity index (χ1n) is 4.56. The van der Waals surface area contributed by atoms with Gasteiger partial charge < -0.3 is 19.3 Å². The zero-order valence-corrected chi connectivity index (χ0v) is 10.4. The highest BCUT2D eigenvalue weighted by molar-refractivity contribution is 7.54. The number of carboxylic acid groups (broad SMARTS) is 2. The molecule has 0 radical (unpaired) electrons. The van der Waals surface area contributed by atoms with Crippen molar-refractivity contribution in [3.8, 4) is 0 Å². The Bertz CT molecular complexity index is 249. The Balaban J connectivity index is 0. The van der Waals surface area contributed by atoms with Crippen LogP contribution < -0.4 is 0 Å². The summed E-state index contributed by atoms with van der Waals surface area (Å²) in [5.41, 5.74) is 0. The highest BCUT2D eigenvalue weighted by Gasteiger charge is 2.26. The normalized spacial score (nSPS) is 10.2. The van der Waals surface area contributed by atoms with Crippen LogP contribution in [0.2, 0.25) is 0 Å². The SMILES string of the molecule is CC(=O)O.CCOP(=O)(CC(=O)O)OCC. The highest BCUT2D eigenvalue weighted by Crippen LogP contribution is 2.47.